The predicted octanol–water partition coefficient (Wildman–Crippen LogP) is 3.78. The summed E-state index contributed by atoms with van der Waals surface area (Å²) >= 11 is 3.15. The van der Waals surface area contributed by atoms with Crippen LogP contribution in [0.2, 0.25) is 0 Å². The monoisotopic (exact) mass is 439 g/mol. The van der Waals surface area contributed by atoms with Crippen molar-refractivity contribution >= 4 is 34.5 Å². The molecule has 0 spiro atoms. The van der Waals surface area contributed by atoms with Gasteiger partial charge in [0.1, 0.15) is 0 Å². The molecule has 2 aromatic heterocycles. The van der Waals surface area contributed by atoms with E-state index >= 15 is 0 Å². The van der Waals surface area contributed by atoms with Crippen molar-refractivity contribution in [2.45, 2.75) is 13.0 Å². The van der Waals surface area contributed by atoms with Gasteiger partial charge < -0.3 is 9.80 Å². The Balaban J connectivity index is 1.34. The van der Waals surface area contributed by atoms with Crippen LogP contribution >= 0.6 is 22.7 Å². The first kappa shape index (κ1) is 20.8. The van der Waals surface area contributed by atoms with Gasteiger partial charge in [0.2, 0.25) is 5.91 Å². The highest BCUT2D eigenvalue weighted by molar-refractivity contribution is 7.12. The predicted molar refractivity (Wildman–Crippen MR) is 122 cm³/mol. The number of benzene rings is 1. The van der Waals surface area contributed by atoms with Crippen molar-refractivity contribution in [2.75, 3.05) is 32.7 Å². The minimum absolute atomic E-state index is 0.00348. The highest BCUT2D eigenvalue weighted by Crippen LogP contribution is 2.26. The molecular formula is C23H25N3O2S2. The smallest absolute Gasteiger partial charge is 0.264 e. The fourth-order valence-corrected chi connectivity index (χ4v) is 5.13. The van der Waals surface area contributed by atoms with Gasteiger partial charge in [0.15, 0.2) is 0 Å². The van der Waals surface area contributed by atoms with E-state index in [1.54, 1.807) is 11.3 Å². The number of aryl methyl sites for hydroxylation is 1. The summed E-state index contributed by atoms with van der Waals surface area (Å²) in [5.41, 5.74) is 2.37. The Kier molecular flexibility index (Phi) is 6.62. The summed E-state index contributed by atoms with van der Waals surface area (Å²) < 4.78 is 0. The molecule has 1 N–H and O–H groups in total. The van der Waals surface area contributed by atoms with Crippen molar-refractivity contribution in [1.29, 1.82) is 0 Å². The molecule has 0 unspecified atom stereocenters. The van der Waals surface area contributed by atoms with E-state index in [1.807, 2.05) is 33.4 Å². The number of nitrogens with zero attached hydrogens (tertiary/aromatic N) is 2. The molecule has 1 atom stereocenters. The maximum atomic E-state index is 12.8. The molecule has 7 heteroatoms. The van der Waals surface area contributed by atoms with E-state index in [0.717, 1.165) is 10.4 Å². The highest BCUT2D eigenvalue weighted by atomic mass is 32.1. The zero-order valence-corrected chi connectivity index (χ0v) is 18.5. The second-order valence-corrected chi connectivity index (χ2v) is 9.32. The van der Waals surface area contributed by atoms with Crippen LogP contribution in [0.15, 0.2) is 59.3 Å². The largest absolute Gasteiger partial charge is 0.338 e. The summed E-state index contributed by atoms with van der Waals surface area (Å²) in [5, 5.41) is 7.42. The van der Waals surface area contributed by atoms with Crippen LogP contribution in [-0.4, -0.2) is 54.3 Å². The fraction of sp³-hybridized carbons (Fsp3) is 0.304. The van der Waals surface area contributed by atoms with Crippen molar-refractivity contribution in [3.05, 3.63) is 80.2 Å². The van der Waals surface area contributed by atoms with Crippen LogP contribution in [0.3, 0.4) is 0 Å². The Morgan fingerprint density at radius 3 is 2.23 bits per heavy atom. The zero-order valence-electron chi connectivity index (χ0n) is 16.9. The average molecular weight is 440 g/mol. The average Bonchev–Trinajstić information content (AvgIpc) is 3.49. The van der Waals surface area contributed by atoms with Crippen molar-refractivity contribution in [1.82, 2.24) is 15.1 Å². The molecule has 0 bridgehead atoms. The lowest BCUT2D eigenvalue weighted by Crippen LogP contribution is -2.52. The summed E-state index contributed by atoms with van der Waals surface area (Å²) in [6, 6.07) is 16.3. The van der Waals surface area contributed by atoms with E-state index in [1.165, 1.54) is 21.8 Å². The summed E-state index contributed by atoms with van der Waals surface area (Å²) in [4.78, 5) is 31.0. The molecule has 1 aromatic carbocycles. The molecule has 1 fully saturated rings. The maximum absolute atomic E-state index is 12.8. The van der Waals surface area contributed by atoms with Crippen molar-refractivity contribution in [2.24, 2.45) is 0 Å². The van der Waals surface area contributed by atoms with Crippen molar-refractivity contribution in [3.63, 3.8) is 0 Å². The minimum atomic E-state index is -0.00348. The summed E-state index contributed by atoms with van der Waals surface area (Å²) in [6.45, 7) is 4.65. The summed E-state index contributed by atoms with van der Waals surface area (Å²) in [5.74, 6) is 0.138. The van der Waals surface area contributed by atoms with Gasteiger partial charge in [0, 0.05) is 31.1 Å². The van der Waals surface area contributed by atoms with Gasteiger partial charge in [0.05, 0.1) is 17.5 Å². The topological polar surface area (TPSA) is 52.7 Å². The number of thiophene rings is 2. The molecule has 0 aliphatic carbocycles. The number of carbonyl (C=O) groups excluding carboxylic acids is 2. The van der Waals surface area contributed by atoms with Gasteiger partial charge in [-0.05, 0) is 35.4 Å². The van der Waals surface area contributed by atoms with Crippen LogP contribution in [0.25, 0.3) is 0 Å². The van der Waals surface area contributed by atoms with E-state index < -0.39 is 0 Å². The molecule has 3 heterocycles. The summed E-state index contributed by atoms with van der Waals surface area (Å²) in [6.07, 6.45) is 0. The van der Waals surface area contributed by atoms with Gasteiger partial charge in [0.25, 0.3) is 5.91 Å². The third kappa shape index (κ3) is 4.80. The van der Waals surface area contributed by atoms with Gasteiger partial charge in [-0.2, -0.15) is 0 Å². The van der Waals surface area contributed by atoms with Gasteiger partial charge in [-0.15, -0.1) is 22.7 Å². The highest BCUT2D eigenvalue weighted by Gasteiger charge is 2.26. The van der Waals surface area contributed by atoms with Crippen LogP contribution in [0, 0.1) is 6.92 Å². The lowest BCUT2D eigenvalue weighted by Gasteiger charge is -2.35. The molecule has 2 amide bonds. The van der Waals surface area contributed by atoms with E-state index in [-0.39, 0.29) is 24.4 Å². The Labute approximate surface area is 184 Å². The van der Waals surface area contributed by atoms with E-state index in [9.17, 15) is 9.59 Å². The lowest BCUT2D eigenvalue weighted by atomic mass is 10.0. The molecule has 30 heavy (non-hydrogen) atoms. The van der Waals surface area contributed by atoms with Gasteiger partial charge in [-0.25, -0.2) is 0 Å². The van der Waals surface area contributed by atoms with Crippen LogP contribution < -0.4 is 5.32 Å². The standard InChI is InChI=1S/C23H25N3O2S2/c1-17-6-8-18(9-7-17)22(19-4-2-14-29-19)24-16-21(27)25-10-12-26(13-11-25)23(28)20-5-3-15-30-20/h2-9,14-15,22,24H,10-13,16H2,1H3/t22-/m1/s1. The van der Waals surface area contributed by atoms with E-state index in [0.29, 0.717) is 26.2 Å². The van der Waals surface area contributed by atoms with Crippen LogP contribution in [0.4, 0.5) is 0 Å². The molecule has 4 rings (SSSR count). The fourth-order valence-electron chi connectivity index (χ4n) is 3.61. The molecular weight excluding hydrogens is 414 g/mol. The van der Waals surface area contributed by atoms with Crippen LogP contribution in [0.1, 0.15) is 31.7 Å². The normalized spacial score (nSPS) is 15.2. The second-order valence-electron chi connectivity index (χ2n) is 7.39. The van der Waals surface area contributed by atoms with Crippen molar-refractivity contribution in [3.8, 4) is 0 Å². The van der Waals surface area contributed by atoms with Crippen molar-refractivity contribution < 1.29 is 9.59 Å². The van der Waals surface area contributed by atoms with Gasteiger partial charge in [-0.3, -0.25) is 14.9 Å². The minimum Gasteiger partial charge on any atom is -0.338 e. The number of piperazine rings is 1. The third-order valence-corrected chi connectivity index (χ3v) is 7.14. The Morgan fingerprint density at radius 1 is 0.933 bits per heavy atom. The van der Waals surface area contributed by atoms with E-state index in [2.05, 4.69) is 48.0 Å². The molecule has 5 nitrogen and oxygen atoms in total. The number of carbonyl (C=O) groups is 2. The number of amides is 2. The Bertz CT molecular complexity index is 961. The SMILES string of the molecule is Cc1ccc([C@@H](NCC(=O)N2CCN(C(=O)c3cccs3)CC2)c2cccs2)cc1. The second kappa shape index (κ2) is 9.55. The maximum Gasteiger partial charge on any atom is 0.264 e. The molecule has 0 radical (unpaired) electrons. The first-order valence-corrected chi connectivity index (χ1v) is 11.8. The quantitative estimate of drug-likeness (QED) is 0.636. The molecule has 0 saturated carbocycles. The first-order valence-electron chi connectivity index (χ1n) is 10.1. The number of nitrogens with one attached hydrogen (secondary N) is 1. The zero-order chi connectivity index (χ0) is 20.9. The summed E-state index contributed by atoms with van der Waals surface area (Å²) in [7, 11) is 0. The lowest BCUT2D eigenvalue weighted by molar-refractivity contribution is -0.131. The Hall–Kier alpha value is -2.48. The molecule has 3 aromatic rings. The number of rotatable bonds is 6. The van der Waals surface area contributed by atoms with Crippen LogP contribution in [-0.2, 0) is 4.79 Å². The Morgan fingerprint density at radius 2 is 1.60 bits per heavy atom. The molecule has 1 aliphatic rings. The molecule has 156 valence electrons. The molecule has 1 saturated heterocycles. The number of hydrogen-bond acceptors (Lipinski definition) is 5. The number of hydrogen-bond donors (Lipinski definition) is 1. The van der Waals surface area contributed by atoms with Crippen LogP contribution in [0.5, 0.6) is 0 Å². The van der Waals surface area contributed by atoms with Gasteiger partial charge in [-0.1, -0.05) is 42.0 Å². The molecule has 1 aliphatic heterocycles. The first-order chi connectivity index (χ1) is 14.6. The van der Waals surface area contributed by atoms with Gasteiger partial charge >= 0.3 is 0 Å². The third-order valence-electron chi connectivity index (χ3n) is 5.35. The van der Waals surface area contributed by atoms with E-state index in [4.69, 9.17) is 0 Å².